The third-order valence-electron chi connectivity index (χ3n) is 9.06. The lowest BCUT2D eigenvalue weighted by atomic mass is 9.91. The summed E-state index contributed by atoms with van der Waals surface area (Å²) < 4.78 is 6.86. The van der Waals surface area contributed by atoms with Gasteiger partial charge in [0, 0.05) is 33.2 Å². The van der Waals surface area contributed by atoms with Crippen LogP contribution in [-0.2, 0) is 0 Å². The smallest absolute Gasteiger partial charge is 0.143 e. The molecular formula is C44H29NO. The summed E-state index contributed by atoms with van der Waals surface area (Å²) in [4.78, 5) is 2.42. The fraction of sp³-hybridized carbons (Fsp3) is 0. The normalized spacial score (nSPS) is 11.7. The van der Waals surface area contributed by atoms with E-state index in [1.54, 1.807) is 0 Å². The van der Waals surface area contributed by atoms with Crippen molar-refractivity contribution in [1.29, 1.82) is 0 Å². The van der Waals surface area contributed by atoms with E-state index in [9.17, 15) is 0 Å². The highest BCUT2D eigenvalue weighted by molar-refractivity contribution is 6.07. The first-order valence-electron chi connectivity index (χ1n) is 15.7. The highest BCUT2D eigenvalue weighted by atomic mass is 16.5. The van der Waals surface area contributed by atoms with Crippen LogP contribution in [-0.4, -0.2) is 0 Å². The maximum absolute atomic E-state index is 6.86. The summed E-state index contributed by atoms with van der Waals surface area (Å²) >= 11 is 0. The standard InChI is InChI=1S/C44H29NO/c1-2-12-30(13-3-1)31-24-27-34(28-25-31)45(40-21-10-16-32-14-4-6-17-35(32)40)41-22-11-20-37-38-29-26-33-15-5-7-18-36(33)44(38)46-42-23-9-8-19-39(42)43(37)41/h1-29H. The first kappa shape index (κ1) is 26.3. The lowest BCUT2D eigenvalue weighted by Gasteiger charge is -2.30. The predicted octanol–water partition coefficient (Wildman–Crippen LogP) is 12.6. The van der Waals surface area contributed by atoms with Crippen molar-refractivity contribution in [1.82, 2.24) is 0 Å². The highest BCUT2D eigenvalue weighted by Gasteiger charge is 2.28. The van der Waals surface area contributed by atoms with Crippen molar-refractivity contribution in [3.05, 3.63) is 176 Å². The van der Waals surface area contributed by atoms with E-state index in [0.717, 1.165) is 61.6 Å². The van der Waals surface area contributed by atoms with Crippen molar-refractivity contribution in [2.24, 2.45) is 0 Å². The van der Waals surface area contributed by atoms with Gasteiger partial charge in [0.25, 0.3) is 0 Å². The second-order valence-electron chi connectivity index (χ2n) is 11.7. The number of para-hydroxylation sites is 1. The van der Waals surface area contributed by atoms with E-state index < -0.39 is 0 Å². The second-order valence-corrected chi connectivity index (χ2v) is 11.7. The lowest BCUT2D eigenvalue weighted by Crippen LogP contribution is -2.12. The number of benzene rings is 8. The van der Waals surface area contributed by atoms with Crippen LogP contribution in [0.3, 0.4) is 0 Å². The lowest BCUT2D eigenvalue weighted by molar-refractivity contribution is 0.493. The first-order chi connectivity index (χ1) is 22.8. The average molecular weight is 588 g/mol. The zero-order valence-corrected chi connectivity index (χ0v) is 25.1. The fourth-order valence-electron chi connectivity index (χ4n) is 6.92. The summed E-state index contributed by atoms with van der Waals surface area (Å²) in [5, 5.41) is 4.66. The molecule has 0 radical (unpaired) electrons. The zero-order chi connectivity index (χ0) is 30.5. The minimum Gasteiger partial charge on any atom is -0.455 e. The number of rotatable bonds is 4. The Balaban J connectivity index is 1.34. The molecular weight excluding hydrogens is 558 g/mol. The number of fused-ring (bicyclic) bond motifs is 8. The summed E-state index contributed by atoms with van der Waals surface area (Å²) in [5.74, 6) is 1.74. The summed E-state index contributed by atoms with van der Waals surface area (Å²) in [7, 11) is 0. The van der Waals surface area contributed by atoms with Gasteiger partial charge in [-0.1, -0.05) is 140 Å². The largest absolute Gasteiger partial charge is 0.455 e. The van der Waals surface area contributed by atoms with Gasteiger partial charge < -0.3 is 9.64 Å². The van der Waals surface area contributed by atoms with Crippen molar-refractivity contribution < 1.29 is 4.74 Å². The Morgan fingerprint density at radius 3 is 1.83 bits per heavy atom. The monoisotopic (exact) mass is 587 g/mol. The minimum atomic E-state index is 0.851. The minimum absolute atomic E-state index is 0.851. The topological polar surface area (TPSA) is 12.5 Å². The molecule has 0 unspecified atom stereocenters. The molecule has 0 amide bonds. The van der Waals surface area contributed by atoms with Crippen molar-refractivity contribution in [2.75, 3.05) is 4.90 Å². The van der Waals surface area contributed by atoms with Gasteiger partial charge in [-0.2, -0.15) is 0 Å². The van der Waals surface area contributed by atoms with E-state index in [1.807, 2.05) is 0 Å². The van der Waals surface area contributed by atoms with Gasteiger partial charge in [-0.3, -0.25) is 0 Å². The maximum atomic E-state index is 6.86. The van der Waals surface area contributed by atoms with E-state index in [-0.39, 0.29) is 0 Å². The van der Waals surface area contributed by atoms with Crippen LogP contribution in [0.25, 0.3) is 54.9 Å². The van der Waals surface area contributed by atoms with Crippen LogP contribution in [0.15, 0.2) is 176 Å². The van der Waals surface area contributed by atoms with Crippen molar-refractivity contribution in [2.45, 2.75) is 0 Å². The number of hydrogen-bond acceptors (Lipinski definition) is 2. The van der Waals surface area contributed by atoms with Crippen LogP contribution in [0.4, 0.5) is 17.1 Å². The average Bonchev–Trinajstić information content (AvgIpc) is 3.28. The Labute approximate surface area is 268 Å². The van der Waals surface area contributed by atoms with Gasteiger partial charge >= 0.3 is 0 Å². The van der Waals surface area contributed by atoms with Crippen LogP contribution >= 0.6 is 0 Å². The number of nitrogens with zero attached hydrogens (tertiary/aromatic N) is 1. The Morgan fingerprint density at radius 1 is 0.370 bits per heavy atom. The van der Waals surface area contributed by atoms with E-state index in [1.165, 1.54) is 21.9 Å². The van der Waals surface area contributed by atoms with Gasteiger partial charge in [-0.15, -0.1) is 0 Å². The highest BCUT2D eigenvalue weighted by Crippen LogP contribution is 2.54. The van der Waals surface area contributed by atoms with Crippen LogP contribution in [0, 0.1) is 0 Å². The van der Waals surface area contributed by atoms with Crippen molar-refractivity contribution in [3.63, 3.8) is 0 Å². The predicted molar refractivity (Wildman–Crippen MR) is 193 cm³/mol. The molecule has 0 saturated heterocycles. The molecule has 0 bridgehead atoms. The molecule has 0 aromatic heterocycles. The maximum Gasteiger partial charge on any atom is 0.143 e. The second kappa shape index (κ2) is 10.8. The first-order valence-corrected chi connectivity index (χ1v) is 15.7. The summed E-state index contributed by atoms with van der Waals surface area (Å²) in [6.45, 7) is 0. The molecule has 0 N–H and O–H groups in total. The number of anilines is 3. The molecule has 216 valence electrons. The van der Waals surface area contributed by atoms with Crippen LogP contribution in [0.5, 0.6) is 11.5 Å². The van der Waals surface area contributed by atoms with Gasteiger partial charge in [0.1, 0.15) is 11.5 Å². The van der Waals surface area contributed by atoms with Gasteiger partial charge in [0.05, 0.1) is 11.4 Å². The Bertz CT molecular complexity index is 2390. The number of hydrogen-bond donors (Lipinski definition) is 0. The van der Waals surface area contributed by atoms with E-state index in [2.05, 4.69) is 181 Å². The van der Waals surface area contributed by atoms with E-state index >= 15 is 0 Å². The quantitative estimate of drug-likeness (QED) is 0.203. The van der Waals surface area contributed by atoms with Crippen molar-refractivity contribution >= 4 is 38.6 Å². The molecule has 1 aliphatic heterocycles. The van der Waals surface area contributed by atoms with Gasteiger partial charge in [0.15, 0.2) is 0 Å². The van der Waals surface area contributed by atoms with Crippen molar-refractivity contribution in [3.8, 4) is 44.9 Å². The molecule has 9 rings (SSSR count). The molecule has 2 heteroatoms. The van der Waals surface area contributed by atoms with Crippen LogP contribution < -0.4 is 9.64 Å². The molecule has 0 atom stereocenters. The SMILES string of the molecule is c1ccc(-c2ccc(N(c3cccc4c3-c3ccccc3Oc3c-4ccc4ccccc34)c3cccc4ccccc34)cc2)cc1. The molecule has 2 nitrogen and oxygen atoms in total. The Kier molecular flexibility index (Phi) is 6.17. The number of ether oxygens (including phenoxy) is 1. The fourth-order valence-corrected chi connectivity index (χ4v) is 6.92. The molecule has 0 spiro atoms. The molecule has 0 fully saturated rings. The third-order valence-corrected chi connectivity index (χ3v) is 9.06. The molecule has 1 heterocycles. The summed E-state index contributed by atoms with van der Waals surface area (Å²) in [6, 6.07) is 62.7. The Hall–Kier alpha value is -6.12. The van der Waals surface area contributed by atoms with E-state index in [4.69, 9.17) is 4.74 Å². The molecule has 0 aliphatic carbocycles. The molecule has 0 saturated carbocycles. The molecule has 8 aromatic rings. The Morgan fingerprint density at radius 2 is 0.978 bits per heavy atom. The summed E-state index contributed by atoms with van der Waals surface area (Å²) in [6.07, 6.45) is 0. The van der Waals surface area contributed by atoms with Crippen LogP contribution in [0.1, 0.15) is 0 Å². The van der Waals surface area contributed by atoms with Gasteiger partial charge in [-0.05, 0) is 63.9 Å². The summed E-state index contributed by atoms with van der Waals surface area (Å²) in [5.41, 5.74) is 10.2. The van der Waals surface area contributed by atoms with Gasteiger partial charge in [-0.25, -0.2) is 0 Å². The zero-order valence-electron chi connectivity index (χ0n) is 25.1. The molecule has 8 aromatic carbocycles. The van der Waals surface area contributed by atoms with Gasteiger partial charge in [0.2, 0.25) is 0 Å². The van der Waals surface area contributed by atoms with Crippen LogP contribution in [0.2, 0.25) is 0 Å². The molecule has 46 heavy (non-hydrogen) atoms. The third kappa shape index (κ3) is 4.27. The molecule has 1 aliphatic rings. The van der Waals surface area contributed by atoms with E-state index in [0.29, 0.717) is 0 Å².